The summed E-state index contributed by atoms with van der Waals surface area (Å²) in [5, 5.41) is 3.46. The van der Waals surface area contributed by atoms with Crippen LogP contribution in [0.15, 0.2) is 22.8 Å². The summed E-state index contributed by atoms with van der Waals surface area (Å²) in [7, 11) is 4.47. The van der Waals surface area contributed by atoms with Gasteiger partial charge in [0.2, 0.25) is 0 Å². The molecule has 2 heterocycles. The van der Waals surface area contributed by atoms with E-state index in [9.17, 15) is 0 Å². The Morgan fingerprint density at radius 1 is 1.58 bits per heavy atom. The molecule has 1 N–H and O–H groups in total. The Morgan fingerprint density at radius 2 is 2.42 bits per heavy atom. The number of nitrogens with zero attached hydrogens (tertiary/aromatic N) is 2. The van der Waals surface area contributed by atoms with Crippen LogP contribution in [0.2, 0.25) is 0 Å². The zero-order valence-electron chi connectivity index (χ0n) is 12.4. The summed E-state index contributed by atoms with van der Waals surface area (Å²) in [5.41, 5.74) is 0. The van der Waals surface area contributed by atoms with Crippen LogP contribution >= 0.6 is 0 Å². The van der Waals surface area contributed by atoms with Crippen molar-refractivity contribution in [2.45, 2.75) is 38.4 Å². The van der Waals surface area contributed by atoms with E-state index in [0.717, 1.165) is 24.9 Å². The number of furan rings is 1. The third-order valence-electron chi connectivity index (χ3n) is 4.24. The molecule has 19 heavy (non-hydrogen) atoms. The normalized spacial score (nSPS) is 22.2. The summed E-state index contributed by atoms with van der Waals surface area (Å²) in [6.45, 7) is 6.51. The molecule has 0 radical (unpaired) electrons. The van der Waals surface area contributed by atoms with Crippen LogP contribution in [0, 0.1) is 0 Å². The highest BCUT2D eigenvalue weighted by molar-refractivity contribution is 4.97. The molecule has 0 saturated carbocycles. The minimum atomic E-state index is 0.545. The summed E-state index contributed by atoms with van der Waals surface area (Å²) in [6.07, 6.45) is 4.41. The van der Waals surface area contributed by atoms with Crippen molar-refractivity contribution in [1.29, 1.82) is 0 Å². The first kappa shape index (κ1) is 14.6. The average Bonchev–Trinajstić information content (AvgIpc) is 3.02. The maximum absolute atomic E-state index is 5.31. The summed E-state index contributed by atoms with van der Waals surface area (Å²) >= 11 is 0. The van der Waals surface area contributed by atoms with E-state index in [1.165, 1.54) is 25.9 Å². The maximum atomic E-state index is 5.31. The molecule has 4 nitrogen and oxygen atoms in total. The lowest BCUT2D eigenvalue weighted by atomic mass is 10.2. The largest absolute Gasteiger partial charge is 0.468 e. The number of likely N-dealkylation sites (tertiary alicyclic amines) is 1. The standard InChI is InChI=1S/C15H27N3O/c1-13(10-16-11-15-7-5-9-19-15)18(3)12-14-6-4-8-17(14)2/h5,7,9,13-14,16H,4,6,8,10-12H2,1-3H3. The van der Waals surface area contributed by atoms with Crippen molar-refractivity contribution in [3.63, 3.8) is 0 Å². The van der Waals surface area contributed by atoms with Gasteiger partial charge in [0, 0.05) is 25.2 Å². The van der Waals surface area contributed by atoms with Crippen molar-refractivity contribution in [1.82, 2.24) is 15.1 Å². The molecule has 1 fully saturated rings. The maximum Gasteiger partial charge on any atom is 0.117 e. The van der Waals surface area contributed by atoms with E-state index < -0.39 is 0 Å². The van der Waals surface area contributed by atoms with Crippen LogP contribution < -0.4 is 5.32 Å². The van der Waals surface area contributed by atoms with E-state index in [0.29, 0.717) is 6.04 Å². The second-order valence-corrected chi connectivity index (χ2v) is 5.78. The topological polar surface area (TPSA) is 31.7 Å². The fraction of sp³-hybridized carbons (Fsp3) is 0.733. The third-order valence-corrected chi connectivity index (χ3v) is 4.24. The van der Waals surface area contributed by atoms with Gasteiger partial charge in [-0.1, -0.05) is 0 Å². The third kappa shape index (κ3) is 4.34. The molecule has 0 aromatic carbocycles. The number of hydrogen-bond donors (Lipinski definition) is 1. The monoisotopic (exact) mass is 265 g/mol. The molecule has 1 aromatic heterocycles. The molecule has 1 aromatic rings. The lowest BCUT2D eigenvalue weighted by Gasteiger charge is -2.30. The van der Waals surface area contributed by atoms with E-state index in [4.69, 9.17) is 4.42 Å². The molecule has 0 aliphatic carbocycles. The zero-order valence-corrected chi connectivity index (χ0v) is 12.4. The van der Waals surface area contributed by atoms with Gasteiger partial charge in [-0.05, 0) is 52.5 Å². The Labute approximate surface area is 116 Å². The minimum absolute atomic E-state index is 0.545. The van der Waals surface area contributed by atoms with Crippen LogP contribution in [0.4, 0.5) is 0 Å². The molecule has 0 spiro atoms. The lowest BCUT2D eigenvalue weighted by Crippen LogP contribution is -2.44. The molecular weight excluding hydrogens is 238 g/mol. The molecular formula is C15H27N3O. The van der Waals surface area contributed by atoms with Gasteiger partial charge in [0.1, 0.15) is 5.76 Å². The van der Waals surface area contributed by atoms with Crippen LogP contribution in [-0.2, 0) is 6.54 Å². The van der Waals surface area contributed by atoms with Crippen LogP contribution in [0.25, 0.3) is 0 Å². The first-order valence-electron chi connectivity index (χ1n) is 7.30. The number of nitrogens with one attached hydrogen (secondary N) is 1. The number of hydrogen-bond acceptors (Lipinski definition) is 4. The first-order chi connectivity index (χ1) is 9.16. The fourth-order valence-electron chi connectivity index (χ4n) is 2.70. The van der Waals surface area contributed by atoms with Crippen molar-refractivity contribution in [2.24, 2.45) is 0 Å². The highest BCUT2D eigenvalue weighted by Crippen LogP contribution is 2.16. The van der Waals surface area contributed by atoms with Gasteiger partial charge in [-0.15, -0.1) is 0 Å². The molecule has 2 atom stereocenters. The Hall–Kier alpha value is -0.840. The van der Waals surface area contributed by atoms with Gasteiger partial charge < -0.3 is 19.5 Å². The van der Waals surface area contributed by atoms with Crippen molar-refractivity contribution >= 4 is 0 Å². The predicted molar refractivity (Wildman–Crippen MR) is 78.2 cm³/mol. The van der Waals surface area contributed by atoms with E-state index in [1.54, 1.807) is 6.26 Å². The summed E-state index contributed by atoms with van der Waals surface area (Å²) in [4.78, 5) is 4.95. The Balaban J connectivity index is 1.65. The van der Waals surface area contributed by atoms with Gasteiger partial charge in [-0.2, -0.15) is 0 Å². The minimum Gasteiger partial charge on any atom is -0.468 e. The van der Waals surface area contributed by atoms with E-state index in [-0.39, 0.29) is 0 Å². The van der Waals surface area contributed by atoms with Gasteiger partial charge in [0.25, 0.3) is 0 Å². The molecule has 0 bridgehead atoms. The van der Waals surface area contributed by atoms with Crippen molar-refractivity contribution < 1.29 is 4.42 Å². The van der Waals surface area contributed by atoms with Crippen LogP contribution in [0.3, 0.4) is 0 Å². The SMILES string of the molecule is CC(CNCc1ccco1)N(C)CC1CCCN1C. The van der Waals surface area contributed by atoms with Crippen LogP contribution in [0.5, 0.6) is 0 Å². The Morgan fingerprint density at radius 3 is 3.05 bits per heavy atom. The van der Waals surface area contributed by atoms with Crippen molar-refractivity contribution in [3.05, 3.63) is 24.2 Å². The summed E-state index contributed by atoms with van der Waals surface area (Å²) < 4.78 is 5.31. The van der Waals surface area contributed by atoms with E-state index in [1.807, 2.05) is 12.1 Å². The highest BCUT2D eigenvalue weighted by Gasteiger charge is 2.23. The molecule has 1 saturated heterocycles. The molecule has 0 amide bonds. The van der Waals surface area contributed by atoms with E-state index >= 15 is 0 Å². The summed E-state index contributed by atoms with van der Waals surface area (Å²) in [5.74, 6) is 1.00. The second-order valence-electron chi connectivity index (χ2n) is 5.78. The van der Waals surface area contributed by atoms with Gasteiger partial charge in [0.05, 0.1) is 12.8 Å². The smallest absolute Gasteiger partial charge is 0.117 e. The summed E-state index contributed by atoms with van der Waals surface area (Å²) in [6, 6.07) is 5.22. The number of rotatable bonds is 7. The predicted octanol–water partition coefficient (Wildman–Crippen LogP) is 1.78. The Kier molecular flexibility index (Phi) is 5.43. The molecule has 108 valence electrons. The molecule has 1 aliphatic rings. The Bertz CT molecular complexity index is 352. The van der Waals surface area contributed by atoms with E-state index in [2.05, 4.69) is 36.1 Å². The van der Waals surface area contributed by atoms with Gasteiger partial charge in [-0.3, -0.25) is 0 Å². The molecule has 2 unspecified atom stereocenters. The second kappa shape index (κ2) is 7.08. The van der Waals surface area contributed by atoms with Gasteiger partial charge in [0.15, 0.2) is 0 Å². The molecule has 4 heteroatoms. The average molecular weight is 265 g/mol. The van der Waals surface area contributed by atoms with Crippen LogP contribution in [0.1, 0.15) is 25.5 Å². The highest BCUT2D eigenvalue weighted by atomic mass is 16.3. The van der Waals surface area contributed by atoms with Gasteiger partial charge >= 0.3 is 0 Å². The quantitative estimate of drug-likeness (QED) is 0.814. The van der Waals surface area contributed by atoms with Gasteiger partial charge in [-0.25, -0.2) is 0 Å². The lowest BCUT2D eigenvalue weighted by molar-refractivity contribution is 0.181. The molecule has 1 aliphatic heterocycles. The molecule has 2 rings (SSSR count). The number of likely N-dealkylation sites (N-methyl/N-ethyl adjacent to an activating group) is 2. The fourth-order valence-corrected chi connectivity index (χ4v) is 2.70. The first-order valence-corrected chi connectivity index (χ1v) is 7.30. The van der Waals surface area contributed by atoms with Crippen molar-refractivity contribution in [3.8, 4) is 0 Å². The zero-order chi connectivity index (χ0) is 13.7. The van der Waals surface area contributed by atoms with Crippen molar-refractivity contribution in [2.75, 3.05) is 33.7 Å². The van der Waals surface area contributed by atoms with Crippen LogP contribution in [-0.4, -0.2) is 55.6 Å².